The summed E-state index contributed by atoms with van der Waals surface area (Å²) in [5.74, 6) is 1.12. The molecule has 0 saturated carbocycles. The summed E-state index contributed by atoms with van der Waals surface area (Å²) in [6.45, 7) is 4.11. The van der Waals surface area contributed by atoms with E-state index in [1.54, 1.807) is 23.3 Å². The quantitative estimate of drug-likeness (QED) is 0.439. The third kappa shape index (κ3) is 4.55. The lowest BCUT2D eigenvalue weighted by atomic mass is 9.81. The zero-order chi connectivity index (χ0) is 23.5. The van der Waals surface area contributed by atoms with Crippen LogP contribution in [0.2, 0.25) is 0 Å². The van der Waals surface area contributed by atoms with Crippen molar-refractivity contribution in [2.45, 2.75) is 45.4 Å². The van der Waals surface area contributed by atoms with E-state index in [-0.39, 0.29) is 5.91 Å². The molecular formula is C26H30N6OS. The van der Waals surface area contributed by atoms with E-state index in [0.29, 0.717) is 16.6 Å². The van der Waals surface area contributed by atoms with Gasteiger partial charge < -0.3 is 4.90 Å². The smallest absolute Gasteiger partial charge is 0.274 e. The number of piperidine rings is 1. The molecule has 1 aromatic carbocycles. The highest BCUT2D eigenvalue weighted by Crippen LogP contribution is 2.39. The van der Waals surface area contributed by atoms with E-state index in [0.717, 1.165) is 67.8 Å². The average Bonchev–Trinajstić information content (AvgIpc) is 3.42. The topological polar surface area (TPSA) is 75.1 Å². The van der Waals surface area contributed by atoms with E-state index in [4.69, 9.17) is 17.2 Å². The molecule has 1 amide bonds. The number of carbonyl (C=O) groups excluding carboxylic acids is 1. The van der Waals surface area contributed by atoms with Gasteiger partial charge in [0.25, 0.3) is 5.91 Å². The van der Waals surface area contributed by atoms with Crippen molar-refractivity contribution in [1.29, 1.82) is 0 Å². The van der Waals surface area contributed by atoms with E-state index in [1.165, 1.54) is 12.0 Å². The molecule has 0 bridgehead atoms. The van der Waals surface area contributed by atoms with E-state index in [9.17, 15) is 4.79 Å². The molecule has 0 spiro atoms. The van der Waals surface area contributed by atoms with Crippen molar-refractivity contribution in [1.82, 2.24) is 25.4 Å². The summed E-state index contributed by atoms with van der Waals surface area (Å²) in [4.78, 5) is 25.3. The maximum Gasteiger partial charge on any atom is 0.274 e. The Bertz CT molecular complexity index is 1170. The van der Waals surface area contributed by atoms with Crippen LogP contribution in [0.15, 0.2) is 49.1 Å². The van der Waals surface area contributed by atoms with Crippen molar-refractivity contribution in [3.05, 3.63) is 65.9 Å². The van der Waals surface area contributed by atoms with Crippen molar-refractivity contribution in [2.24, 2.45) is 5.92 Å². The fourth-order valence-electron chi connectivity index (χ4n) is 5.01. The van der Waals surface area contributed by atoms with Gasteiger partial charge in [0.05, 0.1) is 5.56 Å². The first-order valence-electron chi connectivity index (χ1n) is 12.1. The minimum Gasteiger partial charge on any atom is -0.356 e. The monoisotopic (exact) mass is 474 g/mol. The summed E-state index contributed by atoms with van der Waals surface area (Å²) in [6, 6.07) is 10.3. The molecule has 0 radical (unpaired) electrons. The van der Waals surface area contributed by atoms with Gasteiger partial charge in [-0.15, -0.1) is 0 Å². The molecule has 2 aliphatic rings. The summed E-state index contributed by atoms with van der Waals surface area (Å²) in [5, 5.41) is 0.353. The van der Waals surface area contributed by atoms with Crippen LogP contribution >= 0.6 is 12.2 Å². The van der Waals surface area contributed by atoms with Crippen molar-refractivity contribution in [2.75, 3.05) is 18.0 Å². The van der Waals surface area contributed by atoms with E-state index < -0.39 is 0 Å². The first kappa shape index (κ1) is 22.5. The molecular weight excluding hydrogens is 444 g/mol. The molecule has 8 heteroatoms. The lowest BCUT2D eigenvalue weighted by Gasteiger charge is -2.33. The predicted octanol–water partition coefficient (Wildman–Crippen LogP) is 4.13. The van der Waals surface area contributed by atoms with Crippen LogP contribution in [-0.2, 0) is 12.8 Å². The third-order valence-electron chi connectivity index (χ3n) is 6.76. The molecule has 2 aromatic heterocycles. The molecule has 3 aromatic rings. The largest absolute Gasteiger partial charge is 0.356 e. The van der Waals surface area contributed by atoms with Gasteiger partial charge in [-0.3, -0.25) is 20.2 Å². The molecule has 1 aliphatic heterocycles. The molecule has 1 atom stereocenters. The highest BCUT2D eigenvalue weighted by atomic mass is 32.1. The molecule has 3 heterocycles. The van der Waals surface area contributed by atoms with Crippen LogP contribution in [0, 0.1) is 5.92 Å². The average molecular weight is 475 g/mol. The molecule has 5 rings (SSSR count). The summed E-state index contributed by atoms with van der Waals surface area (Å²) in [6.07, 6.45) is 11.4. The molecule has 1 saturated heterocycles. The number of anilines is 1. The SMILES string of the molecule is CC1CCc2nc(N3CCCCC3)c(C(=O)NNC(=S)n3ccnc3)c(-c3ccccc3)c2C1. The Morgan fingerprint density at radius 2 is 1.91 bits per heavy atom. The fourth-order valence-corrected chi connectivity index (χ4v) is 5.17. The second-order valence-corrected chi connectivity index (χ2v) is 9.61. The number of pyridine rings is 1. The molecule has 176 valence electrons. The summed E-state index contributed by atoms with van der Waals surface area (Å²) in [5.41, 5.74) is 10.8. The Balaban J connectivity index is 1.61. The van der Waals surface area contributed by atoms with Crippen LogP contribution in [0.5, 0.6) is 0 Å². The fraction of sp³-hybridized carbons (Fsp3) is 0.385. The predicted molar refractivity (Wildman–Crippen MR) is 138 cm³/mol. The van der Waals surface area contributed by atoms with Gasteiger partial charge >= 0.3 is 0 Å². The second-order valence-electron chi connectivity index (χ2n) is 9.23. The first-order valence-corrected chi connectivity index (χ1v) is 12.5. The number of fused-ring (bicyclic) bond motifs is 1. The Kier molecular flexibility index (Phi) is 6.58. The number of rotatable bonds is 3. The number of amides is 1. The highest BCUT2D eigenvalue weighted by Gasteiger charge is 2.31. The van der Waals surface area contributed by atoms with E-state index in [2.05, 4.69) is 39.8 Å². The van der Waals surface area contributed by atoms with Gasteiger partial charge in [0.1, 0.15) is 12.1 Å². The van der Waals surface area contributed by atoms with Gasteiger partial charge in [0.15, 0.2) is 5.11 Å². The van der Waals surface area contributed by atoms with Gasteiger partial charge in [0, 0.05) is 36.7 Å². The zero-order valence-corrected chi connectivity index (χ0v) is 20.3. The number of thiocarbonyl (C=S) groups is 1. The minimum absolute atomic E-state index is 0.226. The number of benzene rings is 1. The van der Waals surface area contributed by atoms with Gasteiger partial charge in [-0.25, -0.2) is 9.97 Å². The molecule has 1 aliphatic carbocycles. The maximum absolute atomic E-state index is 13.8. The van der Waals surface area contributed by atoms with Gasteiger partial charge in [-0.1, -0.05) is 37.3 Å². The number of nitrogens with zero attached hydrogens (tertiary/aromatic N) is 4. The number of hydrogen-bond donors (Lipinski definition) is 2. The number of aromatic nitrogens is 3. The summed E-state index contributed by atoms with van der Waals surface area (Å²) < 4.78 is 1.64. The van der Waals surface area contributed by atoms with Gasteiger partial charge in [-0.05, 0) is 67.8 Å². The lowest BCUT2D eigenvalue weighted by Crippen LogP contribution is -2.44. The number of nitrogens with one attached hydrogen (secondary N) is 2. The van der Waals surface area contributed by atoms with Crippen LogP contribution in [0.3, 0.4) is 0 Å². The van der Waals surface area contributed by atoms with Crippen LogP contribution in [-0.4, -0.2) is 38.6 Å². The van der Waals surface area contributed by atoms with Gasteiger partial charge in [-0.2, -0.15) is 0 Å². The number of hydrogen-bond acceptors (Lipinski definition) is 5. The second kappa shape index (κ2) is 9.93. The minimum atomic E-state index is -0.226. The Morgan fingerprint density at radius 1 is 1.12 bits per heavy atom. The Labute approximate surface area is 205 Å². The Morgan fingerprint density at radius 3 is 2.65 bits per heavy atom. The first-order chi connectivity index (χ1) is 16.6. The standard InChI is InChI=1S/C26H30N6OS/c1-18-10-11-21-20(16-18)22(19-8-4-2-5-9-19)23(24(28-21)31-13-6-3-7-14-31)25(33)29-30-26(34)32-15-12-27-17-32/h2,4-5,8-9,12,15,17-18H,3,6-7,10-11,13-14,16H2,1H3,(H,29,33)(H,30,34). The van der Waals surface area contributed by atoms with Crippen LogP contribution < -0.4 is 15.8 Å². The third-order valence-corrected chi connectivity index (χ3v) is 7.07. The summed E-state index contributed by atoms with van der Waals surface area (Å²) >= 11 is 5.41. The normalized spacial score (nSPS) is 17.7. The number of imidazole rings is 1. The zero-order valence-electron chi connectivity index (χ0n) is 19.5. The van der Waals surface area contributed by atoms with Crippen LogP contribution in [0.25, 0.3) is 11.1 Å². The molecule has 1 fully saturated rings. The van der Waals surface area contributed by atoms with E-state index in [1.807, 2.05) is 18.2 Å². The van der Waals surface area contributed by atoms with E-state index >= 15 is 0 Å². The van der Waals surface area contributed by atoms with Gasteiger partial charge in [0.2, 0.25) is 0 Å². The van der Waals surface area contributed by atoms with Crippen LogP contribution in [0.1, 0.15) is 54.2 Å². The number of aryl methyl sites for hydroxylation is 1. The molecule has 34 heavy (non-hydrogen) atoms. The van der Waals surface area contributed by atoms with Crippen molar-refractivity contribution >= 4 is 29.1 Å². The van der Waals surface area contributed by atoms with Crippen molar-refractivity contribution in [3.8, 4) is 11.1 Å². The van der Waals surface area contributed by atoms with Crippen LogP contribution in [0.4, 0.5) is 5.82 Å². The van der Waals surface area contributed by atoms with Crippen molar-refractivity contribution in [3.63, 3.8) is 0 Å². The Hall–Kier alpha value is -3.26. The highest BCUT2D eigenvalue weighted by molar-refractivity contribution is 7.80. The van der Waals surface area contributed by atoms with Crippen molar-refractivity contribution < 1.29 is 4.79 Å². The maximum atomic E-state index is 13.8. The number of carbonyl (C=O) groups is 1. The molecule has 7 nitrogen and oxygen atoms in total. The molecule has 2 N–H and O–H groups in total. The summed E-state index contributed by atoms with van der Waals surface area (Å²) in [7, 11) is 0. The molecule has 1 unspecified atom stereocenters. The lowest BCUT2D eigenvalue weighted by molar-refractivity contribution is 0.0944. The number of hydrazine groups is 1.